The van der Waals surface area contributed by atoms with Gasteiger partial charge in [0.2, 0.25) is 0 Å². The second-order valence-electron chi connectivity index (χ2n) is 5.53. The van der Waals surface area contributed by atoms with E-state index in [1.807, 2.05) is 96.9 Å². The zero-order chi connectivity index (χ0) is 22.3. The minimum atomic E-state index is 0.724. The number of rotatable bonds is 1. The highest BCUT2D eigenvalue weighted by molar-refractivity contribution is 6.49. The van der Waals surface area contributed by atoms with Crippen molar-refractivity contribution in [3.63, 3.8) is 0 Å². The van der Waals surface area contributed by atoms with Crippen LogP contribution in [0.3, 0.4) is 0 Å². The molecule has 2 nitrogen and oxygen atoms in total. The average Bonchev–Trinajstić information content (AvgIpc) is 2.72. The molecule has 1 aliphatic heterocycles. The van der Waals surface area contributed by atoms with E-state index in [2.05, 4.69) is 20.4 Å². The first-order valence-electron chi connectivity index (χ1n) is 10.5. The Morgan fingerprint density at radius 2 is 1.39 bits per heavy atom. The second-order valence-corrected chi connectivity index (χ2v) is 5.91. The Morgan fingerprint density at radius 1 is 0.857 bits per heavy atom. The number of halogens is 1. The van der Waals surface area contributed by atoms with Crippen LogP contribution in [0.1, 0.15) is 67.4 Å². The van der Waals surface area contributed by atoms with Crippen LogP contribution in [0, 0.1) is 0 Å². The number of nitrogens with zero attached hydrogens (tertiary/aromatic N) is 1. The number of hydrogen-bond acceptors (Lipinski definition) is 2. The molecular weight excluding hydrogens is 366 g/mol. The minimum Gasteiger partial charge on any atom is -0.456 e. The van der Waals surface area contributed by atoms with Crippen molar-refractivity contribution < 1.29 is 4.74 Å². The third-order valence-corrected chi connectivity index (χ3v) is 3.63. The number of fused-ring (bicyclic) bond motifs is 2. The highest BCUT2D eigenvalue weighted by Crippen LogP contribution is 2.36. The summed E-state index contributed by atoms with van der Waals surface area (Å²) in [4.78, 5) is 2.03. The molecule has 0 fully saturated rings. The smallest absolute Gasteiger partial charge is 0.138 e. The molecule has 3 heteroatoms. The summed E-state index contributed by atoms with van der Waals surface area (Å²) in [7, 11) is 4.00. The standard InChI is InChI=1S/C16H14ClNO.C3H8.3C2H6/c1-10-4-6-12-14(8-10)19-15-9-11(18(2)3)5-7-13(15)16(12)17;1-3-2;3*1-2/h4-9H,1H2,2-3H3;3H2,1-2H3;3*1-2H3. The van der Waals surface area contributed by atoms with Crippen molar-refractivity contribution >= 4 is 28.9 Å². The van der Waals surface area contributed by atoms with Gasteiger partial charge in [-0.25, -0.2) is 0 Å². The maximum atomic E-state index is 6.46. The number of anilines is 1. The molecule has 0 aliphatic carbocycles. The molecule has 0 spiro atoms. The quantitative estimate of drug-likeness (QED) is 0.499. The van der Waals surface area contributed by atoms with Crippen molar-refractivity contribution in [2.75, 3.05) is 19.0 Å². The summed E-state index contributed by atoms with van der Waals surface area (Å²) in [5, 5.41) is 2.55. The van der Waals surface area contributed by atoms with E-state index in [1.54, 1.807) is 0 Å². The lowest BCUT2D eigenvalue weighted by atomic mass is 10.1. The summed E-state index contributed by atoms with van der Waals surface area (Å²) in [6, 6.07) is 11.8. The Balaban J connectivity index is 0. The van der Waals surface area contributed by atoms with Crippen LogP contribution in [0.15, 0.2) is 36.4 Å². The van der Waals surface area contributed by atoms with Gasteiger partial charge in [0, 0.05) is 36.6 Å². The lowest BCUT2D eigenvalue weighted by Gasteiger charge is -2.20. The van der Waals surface area contributed by atoms with Crippen molar-refractivity contribution in [3.8, 4) is 11.5 Å². The topological polar surface area (TPSA) is 12.5 Å². The van der Waals surface area contributed by atoms with Gasteiger partial charge in [-0.3, -0.25) is 0 Å². The highest BCUT2D eigenvalue weighted by Gasteiger charge is 2.17. The van der Waals surface area contributed by atoms with Crippen molar-refractivity contribution in [1.82, 2.24) is 0 Å². The molecular formula is C25H40ClNO. The van der Waals surface area contributed by atoms with Gasteiger partial charge in [0.1, 0.15) is 11.5 Å². The van der Waals surface area contributed by atoms with Crippen LogP contribution >= 0.6 is 11.6 Å². The second kappa shape index (κ2) is 16.1. The van der Waals surface area contributed by atoms with Gasteiger partial charge in [0.25, 0.3) is 0 Å². The maximum absolute atomic E-state index is 6.46. The van der Waals surface area contributed by atoms with E-state index in [0.717, 1.165) is 38.2 Å². The molecule has 1 aliphatic rings. The summed E-state index contributed by atoms with van der Waals surface area (Å²) >= 11 is 6.46. The number of ether oxygens (including phenoxy) is 1. The molecule has 3 rings (SSSR count). The SMILES string of the molecule is C=c1ccc2c(c1)Oc1cc(N(C)C)ccc1C=2Cl.CC.CC.CC.CCC. The van der Waals surface area contributed by atoms with Gasteiger partial charge in [0.15, 0.2) is 0 Å². The fourth-order valence-corrected chi connectivity index (χ4v) is 2.46. The number of benzene rings is 2. The molecule has 0 unspecified atom stereocenters. The van der Waals surface area contributed by atoms with E-state index in [9.17, 15) is 0 Å². The first-order chi connectivity index (χ1) is 13.5. The van der Waals surface area contributed by atoms with Crippen LogP contribution in [0.2, 0.25) is 0 Å². The third kappa shape index (κ3) is 7.98. The molecule has 0 N–H and O–H groups in total. The third-order valence-electron chi connectivity index (χ3n) is 3.22. The van der Waals surface area contributed by atoms with E-state index in [-0.39, 0.29) is 0 Å². The summed E-state index contributed by atoms with van der Waals surface area (Å²) in [6.07, 6.45) is 1.25. The van der Waals surface area contributed by atoms with Gasteiger partial charge in [-0.15, -0.1) is 0 Å². The number of hydrogen-bond donors (Lipinski definition) is 0. The van der Waals surface area contributed by atoms with Crippen LogP contribution < -0.4 is 20.1 Å². The van der Waals surface area contributed by atoms with Gasteiger partial charge < -0.3 is 9.64 Å². The van der Waals surface area contributed by atoms with Gasteiger partial charge in [-0.1, -0.05) is 86.1 Å². The van der Waals surface area contributed by atoms with Gasteiger partial charge >= 0.3 is 0 Å². The van der Waals surface area contributed by atoms with E-state index in [4.69, 9.17) is 16.3 Å². The highest BCUT2D eigenvalue weighted by atomic mass is 35.5. The van der Waals surface area contributed by atoms with Gasteiger partial charge in [-0.05, 0) is 29.5 Å². The summed E-state index contributed by atoms with van der Waals surface area (Å²) < 4.78 is 5.95. The zero-order valence-corrected chi connectivity index (χ0v) is 20.4. The molecule has 158 valence electrons. The molecule has 2 aromatic carbocycles. The molecule has 0 saturated heterocycles. The normalized spacial score (nSPS) is 9.75. The zero-order valence-electron chi connectivity index (χ0n) is 19.6. The van der Waals surface area contributed by atoms with Crippen LogP contribution in [0.4, 0.5) is 5.69 Å². The monoisotopic (exact) mass is 405 g/mol. The van der Waals surface area contributed by atoms with Crippen molar-refractivity contribution in [3.05, 3.63) is 52.4 Å². The summed E-state index contributed by atoms with van der Waals surface area (Å²) in [5.74, 6) is 1.55. The van der Waals surface area contributed by atoms with E-state index < -0.39 is 0 Å². The Bertz CT molecular complexity index is 782. The van der Waals surface area contributed by atoms with Crippen molar-refractivity contribution in [1.29, 1.82) is 0 Å². The Hall–Kier alpha value is -1.93. The van der Waals surface area contributed by atoms with Crippen LogP contribution in [-0.2, 0) is 0 Å². The largest absolute Gasteiger partial charge is 0.456 e. The maximum Gasteiger partial charge on any atom is 0.138 e. The fraction of sp³-hybridized carbons (Fsp3) is 0.440. The van der Waals surface area contributed by atoms with E-state index >= 15 is 0 Å². The van der Waals surface area contributed by atoms with Crippen LogP contribution in [0.5, 0.6) is 11.5 Å². The molecule has 2 aromatic rings. The molecule has 0 amide bonds. The van der Waals surface area contributed by atoms with Crippen molar-refractivity contribution in [2.24, 2.45) is 0 Å². The average molecular weight is 406 g/mol. The Labute approximate surface area is 178 Å². The summed E-state index contributed by atoms with van der Waals surface area (Å²) in [5.41, 5.74) is 2.01. The molecule has 0 atom stereocenters. The predicted octanol–water partition coefficient (Wildman–Crippen LogP) is 7.16. The molecule has 0 bridgehead atoms. The molecule has 28 heavy (non-hydrogen) atoms. The van der Waals surface area contributed by atoms with E-state index in [0.29, 0.717) is 0 Å². The van der Waals surface area contributed by atoms with Crippen LogP contribution in [0.25, 0.3) is 11.6 Å². The molecule has 0 radical (unpaired) electrons. The fourth-order valence-electron chi connectivity index (χ4n) is 2.15. The molecule has 1 heterocycles. The van der Waals surface area contributed by atoms with E-state index in [1.165, 1.54) is 6.42 Å². The molecule has 0 saturated carbocycles. The Kier molecular flexibility index (Phi) is 16.2. The van der Waals surface area contributed by atoms with Crippen molar-refractivity contribution in [2.45, 2.75) is 61.8 Å². The Morgan fingerprint density at radius 3 is 1.89 bits per heavy atom. The first-order valence-corrected chi connectivity index (χ1v) is 10.8. The van der Waals surface area contributed by atoms with Gasteiger partial charge in [-0.2, -0.15) is 0 Å². The first kappa shape index (κ1) is 28.3. The molecule has 0 aromatic heterocycles. The predicted molar refractivity (Wildman–Crippen MR) is 130 cm³/mol. The minimum absolute atomic E-state index is 0.724. The van der Waals surface area contributed by atoms with Gasteiger partial charge in [0.05, 0.1) is 5.03 Å². The lowest BCUT2D eigenvalue weighted by molar-refractivity contribution is 0.472. The summed E-state index contributed by atoms with van der Waals surface area (Å²) in [6.45, 7) is 20.2. The lowest BCUT2D eigenvalue weighted by Crippen LogP contribution is -2.17. The van der Waals surface area contributed by atoms with Crippen LogP contribution in [-0.4, -0.2) is 14.1 Å².